The molecule has 0 heterocycles. The molecule has 0 aliphatic rings. The summed E-state index contributed by atoms with van der Waals surface area (Å²) in [5.74, 6) is -2.23. The van der Waals surface area contributed by atoms with Crippen LogP contribution in [-0.4, -0.2) is 11.9 Å². The average Bonchev–Trinajstić information content (AvgIpc) is 2.40. The van der Waals surface area contributed by atoms with E-state index in [4.69, 9.17) is 0 Å². The van der Waals surface area contributed by atoms with Crippen LogP contribution in [0.15, 0.2) is 0 Å². The number of unbranched alkanes of at least 4 members (excludes halogenated alkanes) is 2. The van der Waals surface area contributed by atoms with Gasteiger partial charge in [-0.3, -0.25) is 0 Å². The third kappa shape index (κ3) is 15.9. The quantitative estimate of drug-likeness (QED) is 0.572. The number of hydrogen-bond acceptors (Lipinski definition) is 4. The molecular weight excluding hydrogens is 304 g/mol. The van der Waals surface area contributed by atoms with Gasteiger partial charge in [-0.05, 0) is 37.5 Å². The summed E-state index contributed by atoms with van der Waals surface area (Å²) in [6.45, 7) is 7.89. The van der Waals surface area contributed by atoms with E-state index in [0.717, 1.165) is 38.5 Å². The Bertz CT molecular complexity index is 231. The molecular formula is C16H30O4Ti+2. The Kier molecular flexibility index (Phi) is 21.6. The molecule has 0 radical (unpaired) electrons. The summed E-state index contributed by atoms with van der Waals surface area (Å²) in [7, 11) is 0. The number of carboxylic acids is 2. The number of carboxylic acid groups (broad SMARTS) is 2. The molecule has 21 heavy (non-hydrogen) atoms. The van der Waals surface area contributed by atoms with Crippen molar-refractivity contribution in [3.8, 4) is 0 Å². The first-order valence-electron chi connectivity index (χ1n) is 7.86. The summed E-state index contributed by atoms with van der Waals surface area (Å²) < 4.78 is 0. The Morgan fingerprint density at radius 3 is 1.19 bits per heavy atom. The van der Waals surface area contributed by atoms with Crippen LogP contribution in [0.3, 0.4) is 0 Å². The molecule has 0 aromatic heterocycles. The van der Waals surface area contributed by atoms with Crippen molar-refractivity contribution in [1.29, 1.82) is 0 Å². The van der Waals surface area contributed by atoms with Crippen molar-refractivity contribution in [2.24, 2.45) is 11.8 Å². The predicted octanol–water partition coefficient (Wildman–Crippen LogP) is 1.90. The molecule has 0 aliphatic heterocycles. The zero-order valence-corrected chi connectivity index (χ0v) is 15.5. The molecule has 0 N–H and O–H groups in total. The molecule has 5 heteroatoms. The van der Waals surface area contributed by atoms with E-state index in [1.54, 1.807) is 0 Å². The second kappa shape index (κ2) is 17.7. The first-order chi connectivity index (χ1) is 9.44. The molecule has 0 aromatic rings. The van der Waals surface area contributed by atoms with Crippen LogP contribution in [0.5, 0.6) is 0 Å². The number of rotatable bonds is 10. The summed E-state index contributed by atoms with van der Waals surface area (Å²) in [5.41, 5.74) is 0. The fourth-order valence-corrected chi connectivity index (χ4v) is 1.88. The number of aliphatic carboxylic acids is 2. The smallest absolute Gasteiger partial charge is 0.550 e. The minimum atomic E-state index is -0.893. The molecule has 2 unspecified atom stereocenters. The molecule has 120 valence electrons. The molecule has 0 aromatic carbocycles. The minimum absolute atomic E-state index is 0. The normalized spacial score (nSPS) is 12.4. The molecule has 0 amide bonds. The Morgan fingerprint density at radius 1 is 0.762 bits per heavy atom. The molecule has 2 atom stereocenters. The molecule has 0 bridgehead atoms. The SMILES string of the molecule is CCCCC(CC)C(=O)[O-].CCCCC(CC)C(=O)[O-].[Ti+4]. The third-order valence-corrected chi connectivity index (χ3v) is 3.46. The zero-order chi connectivity index (χ0) is 16.0. The predicted molar refractivity (Wildman–Crippen MR) is 76.6 cm³/mol. The molecule has 0 saturated heterocycles. The minimum Gasteiger partial charge on any atom is -0.550 e. The Hall–Kier alpha value is -0.346. The van der Waals surface area contributed by atoms with E-state index in [-0.39, 0.29) is 33.6 Å². The van der Waals surface area contributed by atoms with Gasteiger partial charge in [0.1, 0.15) is 0 Å². The van der Waals surface area contributed by atoms with Gasteiger partial charge in [-0.15, -0.1) is 0 Å². The molecule has 4 nitrogen and oxygen atoms in total. The molecule has 0 saturated carbocycles. The van der Waals surface area contributed by atoms with Crippen LogP contribution >= 0.6 is 0 Å². The standard InChI is InChI=1S/2C8H16O2.Ti/c2*1-3-5-6-7(4-2)8(9)10;/h2*7H,3-6H2,1-2H3,(H,9,10);/q;;+4/p-2. The second-order valence-electron chi connectivity index (χ2n) is 5.13. The summed E-state index contributed by atoms with van der Waals surface area (Å²) in [5, 5.41) is 20.7. The number of carbonyl (C=O) groups is 2. The fourth-order valence-electron chi connectivity index (χ4n) is 1.88. The first kappa shape index (κ1) is 25.6. The van der Waals surface area contributed by atoms with Crippen LogP contribution in [0.1, 0.15) is 79.1 Å². The van der Waals surface area contributed by atoms with Crippen molar-refractivity contribution < 1.29 is 41.5 Å². The third-order valence-electron chi connectivity index (χ3n) is 3.46. The number of carbonyl (C=O) groups excluding carboxylic acids is 2. The molecule has 0 spiro atoms. The second-order valence-corrected chi connectivity index (χ2v) is 5.13. The van der Waals surface area contributed by atoms with Crippen molar-refractivity contribution in [3.05, 3.63) is 0 Å². The van der Waals surface area contributed by atoms with Gasteiger partial charge in [-0.2, -0.15) is 0 Å². The Morgan fingerprint density at radius 2 is 1.05 bits per heavy atom. The monoisotopic (exact) mass is 334 g/mol. The van der Waals surface area contributed by atoms with Gasteiger partial charge in [0.2, 0.25) is 0 Å². The Labute approximate surface area is 144 Å². The van der Waals surface area contributed by atoms with Crippen molar-refractivity contribution in [2.45, 2.75) is 79.1 Å². The van der Waals surface area contributed by atoms with Gasteiger partial charge in [-0.25, -0.2) is 0 Å². The Balaban J connectivity index is -0.000000295. The maximum Gasteiger partial charge on any atom is 4.00 e. The van der Waals surface area contributed by atoms with Crippen molar-refractivity contribution in [3.63, 3.8) is 0 Å². The van der Waals surface area contributed by atoms with Crippen LogP contribution in [0.25, 0.3) is 0 Å². The van der Waals surface area contributed by atoms with Crippen molar-refractivity contribution in [1.82, 2.24) is 0 Å². The van der Waals surface area contributed by atoms with Gasteiger partial charge >= 0.3 is 21.7 Å². The van der Waals surface area contributed by atoms with Gasteiger partial charge in [-0.1, -0.05) is 53.4 Å². The topological polar surface area (TPSA) is 80.3 Å². The van der Waals surface area contributed by atoms with Gasteiger partial charge in [0.05, 0.1) is 0 Å². The van der Waals surface area contributed by atoms with Gasteiger partial charge in [0, 0.05) is 11.9 Å². The first-order valence-corrected chi connectivity index (χ1v) is 7.86. The van der Waals surface area contributed by atoms with Gasteiger partial charge in [0.25, 0.3) is 0 Å². The van der Waals surface area contributed by atoms with Gasteiger partial charge in [0.15, 0.2) is 0 Å². The van der Waals surface area contributed by atoms with Gasteiger partial charge < -0.3 is 19.8 Å². The van der Waals surface area contributed by atoms with E-state index >= 15 is 0 Å². The van der Waals surface area contributed by atoms with E-state index in [9.17, 15) is 19.8 Å². The summed E-state index contributed by atoms with van der Waals surface area (Å²) >= 11 is 0. The fraction of sp³-hybridized carbons (Fsp3) is 0.875. The van der Waals surface area contributed by atoms with E-state index < -0.39 is 11.9 Å². The average molecular weight is 334 g/mol. The summed E-state index contributed by atoms with van der Waals surface area (Å²) in [4.78, 5) is 20.7. The zero-order valence-electron chi connectivity index (χ0n) is 13.9. The number of hydrogen-bond donors (Lipinski definition) is 0. The van der Waals surface area contributed by atoms with E-state index in [2.05, 4.69) is 13.8 Å². The largest absolute Gasteiger partial charge is 4.00 e. The van der Waals surface area contributed by atoms with E-state index in [0.29, 0.717) is 12.8 Å². The summed E-state index contributed by atoms with van der Waals surface area (Å²) in [6, 6.07) is 0. The molecule has 0 aliphatic carbocycles. The maximum atomic E-state index is 10.3. The summed E-state index contributed by atoms with van der Waals surface area (Å²) in [6.07, 6.45) is 7.04. The molecule has 0 rings (SSSR count). The van der Waals surface area contributed by atoms with Crippen molar-refractivity contribution in [2.75, 3.05) is 0 Å². The van der Waals surface area contributed by atoms with Crippen LogP contribution < -0.4 is 10.2 Å². The van der Waals surface area contributed by atoms with Crippen LogP contribution in [0.4, 0.5) is 0 Å². The van der Waals surface area contributed by atoms with E-state index in [1.165, 1.54) is 0 Å². The maximum absolute atomic E-state index is 10.3. The van der Waals surface area contributed by atoms with Crippen LogP contribution in [0.2, 0.25) is 0 Å². The van der Waals surface area contributed by atoms with Crippen molar-refractivity contribution >= 4 is 11.9 Å². The van der Waals surface area contributed by atoms with Crippen LogP contribution in [0, 0.1) is 11.8 Å². The van der Waals surface area contributed by atoms with E-state index in [1.807, 2.05) is 13.8 Å². The van der Waals surface area contributed by atoms with Crippen LogP contribution in [-0.2, 0) is 31.3 Å². The molecule has 0 fully saturated rings.